The Morgan fingerprint density at radius 1 is 1.19 bits per heavy atom. The summed E-state index contributed by atoms with van der Waals surface area (Å²) >= 11 is 0. The van der Waals surface area contributed by atoms with Crippen molar-refractivity contribution in [2.75, 3.05) is 13.1 Å². The number of aromatic nitrogens is 1. The number of allylic oxidation sites excluding steroid dienone is 1. The Balaban J connectivity index is 1.56. The molecule has 0 N–H and O–H groups in total. The first-order valence-corrected chi connectivity index (χ1v) is 6.14. The van der Waals surface area contributed by atoms with Gasteiger partial charge in [0.15, 0.2) is 5.89 Å². The maximum atomic E-state index is 5.23. The molecule has 2 aliphatic rings. The Bertz CT molecular complexity index is 403. The van der Waals surface area contributed by atoms with Crippen LogP contribution in [0.3, 0.4) is 0 Å². The van der Waals surface area contributed by atoms with Crippen LogP contribution in [0, 0.1) is 6.92 Å². The Labute approximate surface area is 96.2 Å². The zero-order valence-electron chi connectivity index (χ0n) is 9.83. The highest BCUT2D eigenvalue weighted by Gasteiger charge is 2.22. The first-order chi connectivity index (χ1) is 7.81. The zero-order chi connectivity index (χ0) is 11.0. The molecule has 1 aromatic rings. The molecule has 1 aromatic heterocycles. The highest BCUT2D eigenvalue weighted by Crippen LogP contribution is 2.36. The van der Waals surface area contributed by atoms with E-state index in [1.165, 1.54) is 38.8 Å². The molecule has 2 heterocycles. The Hall–Kier alpha value is -1.09. The SMILES string of the molecule is Cc1nc(CN2CCC(=C3CC3)CC2)co1. The van der Waals surface area contributed by atoms with Crippen molar-refractivity contribution in [3.8, 4) is 0 Å². The molecule has 1 saturated heterocycles. The summed E-state index contributed by atoms with van der Waals surface area (Å²) < 4.78 is 5.23. The van der Waals surface area contributed by atoms with E-state index in [-0.39, 0.29) is 0 Å². The summed E-state index contributed by atoms with van der Waals surface area (Å²) in [6.07, 6.45) is 7.07. The standard InChI is InChI=1S/C13H18N2O/c1-10-14-13(9-16-10)8-15-6-4-12(5-7-15)11-2-3-11/h9H,2-8H2,1H3. The van der Waals surface area contributed by atoms with Gasteiger partial charge in [0.1, 0.15) is 6.26 Å². The average Bonchev–Trinajstić information content (AvgIpc) is 3.05. The van der Waals surface area contributed by atoms with Gasteiger partial charge in [0, 0.05) is 26.6 Å². The molecule has 86 valence electrons. The van der Waals surface area contributed by atoms with E-state index < -0.39 is 0 Å². The number of likely N-dealkylation sites (tertiary alicyclic amines) is 1. The number of oxazole rings is 1. The second-order valence-electron chi connectivity index (χ2n) is 4.84. The van der Waals surface area contributed by atoms with Gasteiger partial charge in [-0.05, 0) is 25.7 Å². The zero-order valence-corrected chi connectivity index (χ0v) is 9.83. The van der Waals surface area contributed by atoms with Crippen molar-refractivity contribution >= 4 is 0 Å². The largest absolute Gasteiger partial charge is 0.449 e. The number of hydrogen-bond acceptors (Lipinski definition) is 3. The lowest BCUT2D eigenvalue weighted by Gasteiger charge is -2.27. The number of piperidine rings is 1. The van der Waals surface area contributed by atoms with Crippen LogP contribution in [-0.4, -0.2) is 23.0 Å². The van der Waals surface area contributed by atoms with Crippen LogP contribution in [0.1, 0.15) is 37.3 Å². The molecule has 16 heavy (non-hydrogen) atoms. The molecular formula is C13H18N2O. The minimum Gasteiger partial charge on any atom is -0.449 e. The van der Waals surface area contributed by atoms with Crippen molar-refractivity contribution in [2.24, 2.45) is 0 Å². The average molecular weight is 218 g/mol. The number of nitrogens with zero attached hydrogens (tertiary/aromatic N) is 2. The monoisotopic (exact) mass is 218 g/mol. The molecule has 0 amide bonds. The molecule has 0 atom stereocenters. The molecule has 3 nitrogen and oxygen atoms in total. The van der Waals surface area contributed by atoms with Crippen LogP contribution >= 0.6 is 0 Å². The summed E-state index contributed by atoms with van der Waals surface area (Å²) in [6.45, 7) is 5.21. The fraction of sp³-hybridized carbons (Fsp3) is 0.615. The van der Waals surface area contributed by atoms with Gasteiger partial charge >= 0.3 is 0 Å². The molecule has 3 rings (SSSR count). The van der Waals surface area contributed by atoms with Gasteiger partial charge in [-0.15, -0.1) is 0 Å². The molecule has 0 unspecified atom stereocenters. The third-order valence-electron chi connectivity index (χ3n) is 3.51. The van der Waals surface area contributed by atoms with Crippen LogP contribution < -0.4 is 0 Å². The van der Waals surface area contributed by atoms with E-state index in [1.807, 2.05) is 6.92 Å². The highest BCUT2D eigenvalue weighted by atomic mass is 16.3. The second kappa shape index (κ2) is 4.06. The van der Waals surface area contributed by atoms with Gasteiger partial charge in [-0.2, -0.15) is 0 Å². The van der Waals surface area contributed by atoms with E-state index in [4.69, 9.17) is 4.42 Å². The minimum absolute atomic E-state index is 0.771. The van der Waals surface area contributed by atoms with Crippen LogP contribution in [-0.2, 0) is 6.54 Å². The fourth-order valence-corrected chi connectivity index (χ4v) is 2.46. The smallest absolute Gasteiger partial charge is 0.191 e. The topological polar surface area (TPSA) is 29.3 Å². The van der Waals surface area contributed by atoms with Crippen LogP contribution in [0.4, 0.5) is 0 Å². The molecule has 0 radical (unpaired) electrons. The fourth-order valence-electron chi connectivity index (χ4n) is 2.46. The Morgan fingerprint density at radius 2 is 1.88 bits per heavy atom. The van der Waals surface area contributed by atoms with E-state index in [2.05, 4.69) is 9.88 Å². The number of rotatable bonds is 2. The summed E-state index contributed by atoms with van der Waals surface area (Å²) in [5, 5.41) is 0. The summed E-state index contributed by atoms with van der Waals surface area (Å²) in [5.74, 6) is 0.771. The third kappa shape index (κ3) is 2.19. The van der Waals surface area contributed by atoms with Crippen molar-refractivity contribution in [1.29, 1.82) is 0 Å². The van der Waals surface area contributed by atoms with Gasteiger partial charge in [-0.1, -0.05) is 11.1 Å². The van der Waals surface area contributed by atoms with Crippen molar-refractivity contribution in [3.05, 3.63) is 29.0 Å². The maximum Gasteiger partial charge on any atom is 0.191 e. The van der Waals surface area contributed by atoms with Crippen LogP contribution in [0.15, 0.2) is 21.8 Å². The highest BCUT2D eigenvalue weighted by molar-refractivity contribution is 5.26. The van der Waals surface area contributed by atoms with E-state index in [0.717, 1.165) is 18.1 Å². The molecule has 0 aromatic carbocycles. The van der Waals surface area contributed by atoms with Crippen LogP contribution in [0.25, 0.3) is 0 Å². The van der Waals surface area contributed by atoms with E-state index >= 15 is 0 Å². The van der Waals surface area contributed by atoms with E-state index in [1.54, 1.807) is 17.4 Å². The summed E-state index contributed by atoms with van der Waals surface area (Å²) in [4.78, 5) is 6.83. The minimum atomic E-state index is 0.771. The molecular weight excluding hydrogens is 200 g/mol. The molecule has 1 saturated carbocycles. The predicted octanol–water partition coefficient (Wildman–Crippen LogP) is 2.67. The molecule has 2 fully saturated rings. The van der Waals surface area contributed by atoms with Crippen molar-refractivity contribution < 1.29 is 4.42 Å². The molecule has 3 heteroatoms. The van der Waals surface area contributed by atoms with Gasteiger partial charge in [0.25, 0.3) is 0 Å². The lowest BCUT2D eigenvalue weighted by Crippen LogP contribution is -2.30. The number of aryl methyl sites for hydroxylation is 1. The van der Waals surface area contributed by atoms with Gasteiger partial charge in [0.05, 0.1) is 5.69 Å². The quantitative estimate of drug-likeness (QED) is 0.715. The van der Waals surface area contributed by atoms with Crippen LogP contribution in [0.5, 0.6) is 0 Å². The summed E-state index contributed by atoms with van der Waals surface area (Å²) in [7, 11) is 0. The molecule has 1 aliphatic heterocycles. The van der Waals surface area contributed by atoms with Gasteiger partial charge in [-0.25, -0.2) is 4.98 Å². The maximum absolute atomic E-state index is 5.23. The van der Waals surface area contributed by atoms with Crippen molar-refractivity contribution in [1.82, 2.24) is 9.88 Å². The summed E-state index contributed by atoms with van der Waals surface area (Å²) in [6, 6.07) is 0. The van der Waals surface area contributed by atoms with Gasteiger partial charge in [-0.3, -0.25) is 4.90 Å². The van der Waals surface area contributed by atoms with Crippen LogP contribution in [0.2, 0.25) is 0 Å². The van der Waals surface area contributed by atoms with Crippen molar-refractivity contribution in [3.63, 3.8) is 0 Å². The van der Waals surface area contributed by atoms with Crippen molar-refractivity contribution in [2.45, 2.75) is 39.2 Å². The van der Waals surface area contributed by atoms with Gasteiger partial charge in [0.2, 0.25) is 0 Å². The first-order valence-electron chi connectivity index (χ1n) is 6.14. The van der Waals surface area contributed by atoms with E-state index in [0.29, 0.717) is 0 Å². The summed E-state index contributed by atoms with van der Waals surface area (Å²) in [5.41, 5.74) is 4.56. The third-order valence-corrected chi connectivity index (χ3v) is 3.51. The molecule has 0 spiro atoms. The Morgan fingerprint density at radius 3 is 2.44 bits per heavy atom. The lowest BCUT2D eigenvalue weighted by molar-refractivity contribution is 0.245. The number of hydrogen-bond donors (Lipinski definition) is 0. The van der Waals surface area contributed by atoms with E-state index in [9.17, 15) is 0 Å². The lowest BCUT2D eigenvalue weighted by atomic mass is 10.0. The second-order valence-corrected chi connectivity index (χ2v) is 4.84. The first kappa shape index (κ1) is 10.1. The predicted molar refractivity (Wildman–Crippen MR) is 62.0 cm³/mol. The molecule has 1 aliphatic carbocycles. The molecule has 0 bridgehead atoms. The Kier molecular flexibility index (Phi) is 2.56. The normalized spacial score (nSPS) is 21.6. The van der Waals surface area contributed by atoms with Gasteiger partial charge < -0.3 is 4.42 Å².